The fourth-order valence-corrected chi connectivity index (χ4v) is 3.60. The summed E-state index contributed by atoms with van der Waals surface area (Å²) >= 11 is 0. The highest BCUT2D eigenvalue weighted by atomic mass is 32.2. The molecule has 0 fully saturated rings. The zero-order valence-corrected chi connectivity index (χ0v) is 13.5. The standard InChI is InChI=1S/C12H20F6O4S/c1-3-4-5-10(12(16,17)18)23(19,20)7-6-9(11(13,14)15)22-8-21-2/h9-10H,3-8H2,1-2H3. The fraction of sp³-hybridized carbons (Fsp3) is 1.00. The molecule has 2 atom stereocenters. The van der Waals surface area contributed by atoms with Crippen molar-refractivity contribution in [2.24, 2.45) is 0 Å². The van der Waals surface area contributed by atoms with Gasteiger partial charge in [0.1, 0.15) is 6.79 Å². The second kappa shape index (κ2) is 9.07. The van der Waals surface area contributed by atoms with Crippen molar-refractivity contribution in [1.29, 1.82) is 0 Å². The van der Waals surface area contributed by atoms with Crippen molar-refractivity contribution in [1.82, 2.24) is 0 Å². The second-order valence-electron chi connectivity index (χ2n) is 4.93. The summed E-state index contributed by atoms with van der Waals surface area (Å²) in [7, 11) is -3.71. The van der Waals surface area contributed by atoms with Crippen LogP contribution in [0.25, 0.3) is 0 Å². The van der Waals surface area contributed by atoms with E-state index in [0.29, 0.717) is 6.42 Å². The maximum absolute atomic E-state index is 12.8. The molecule has 11 heteroatoms. The fourth-order valence-electron chi connectivity index (χ4n) is 1.84. The van der Waals surface area contributed by atoms with Gasteiger partial charge in [0.15, 0.2) is 21.2 Å². The van der Waals surface area contributed by atoms with Gasteiger partial charge in [-0.05, 0) is 12.8 Å². The first-order chi connectivity index (χ1) is 10.4. The number of sulfone groups is 1. The predicted molar refractivity (Wildman–Crippen MR) is 70.6 cm³/mol. The normalized spacial score (nSPS) is 16.3. The first kappa shape index (κ1) is 22.4. The lowest BCUT2D eigenvalue weighted by Gasteiger charge is -2.23. The van der Waals surface area contributed by atoms with Gasteiger partial charge in [-0.25, -0.2) is 8.42 Å². The number of hydrogen-bond donors (Lipinski definition) is 0. The smallest absolute Gasteiger partial charge is 0.359 e. The molecule has 0 aliphatic carbocycles. The van der Waals surface area contributed by atoms with Gasteiger partial charge < -0.3 is 9.47 Å². The molecule has 0 N–H and O–H groups in total. The molecule has 0 amide bonds. The van der Waals surface area contributed by atoms with Crippen LogP contribution in [-0.2, 0) is 19.3 Å². The molecule has 0 aromatic heterocycles. The van der Waals surface area contributed by atoms with Crippen LogP contribution < -0.4 is 0 Å². The van der Waals surface area contributed by atoms with Crippen molar-refractivity contribution in [2.45, 2.75) is 56.3 Å². The largest absolute Gasteiger partial charge is 0.414 e. The number of rotatable bonds is 10. The first-order valence-electron chi connectivity index (χ1n) is 6.81. The molecule has 0 aromatic rings. The zero-order valence-electron chi connectivity index (χ0n) is 12.7. The second-order valence-corrected chi connectivity index (χ2v) is 7.23. The zero-order chi connectivity index (χ0) is 18.3. The Morgan fingerprint density at radius 1 is 1.00 bits per heavy atom. The summed E-state index contributed by atoms with van der Waals surface area (Å²) in [6, 6.07) is 0. The van der Waals surface area contributed by atoms with Gasteiger partial charge in [0.05, 0.1) is 5.75 Å². The molecule has 0 bridgehead atoms. The van der Waals surface area contributed by atoms with Gasteiger partial charge in [0, 0.05) is 7.11 Å². The van der Waals surface area contributed by atoms with Crippen molar-refractivity contribution in [3.8, 4) is 0 Å². The van der Waals surface area contributed by atoms with Crippen LogP contribution in [0.5, 0.6) is 0 Å². The maximum atomic E-state index is 12.8. The Bertz CT molecular complexity index is 432. The Morgan fingerprint density at radius 2 is 1.57 bits per heavy atom. The maximum Gasteiger partial charge on any atom is 0.414 e. The van der Waals surface area contributed by atoms with E-state index in [0.717, 1.165) is 7.11 Å². The van der Waals surface area contributed by atoms with Crippen molar-refractivity contribution in [3.63, 3.8) is 0 Å². The Morgan fingerprint density at radius 3 is 1.96 bits per heavy atom. The third kappa shape index (κ3) is 8.20. The third-order valence-electron chi connectivity index (χ3n) is 3.04. The Labute approximate surface area is 131 Å². The predicted octanol–water partition coefficient (Wildman–Crippen LogP) is 3.46. The Kier molecular flexibility index (Phi) is 8.85. The van der Waals surface area contributed by atoms with Gasteiger partial charge in [-0.15, -0.1) is 0 Å². The minimum atomic E-state index is -5.02. The van der Waals surface area contributed by atoms with Crippen molar-refractivity contribution in [2.75, 3.05) is 19.7 Å². The molecule has 2 unspecified atom stereocenters. The molecule has 0 spiro atoms. The first-order valence-corrected chi connectivity index (χ1v) is 8.53. The lowest BCUT2D eigenvalue weighted by Crippen LogP contribution is -2.40. The quantitative estimate of drug-likeness (QED) is 0.434. The van der Waals surface area contributed by atoms with Crippen LogP contribution in [0.15, 0.2) is 0 Å². The molecule has 4 nitrogen and oxygen atoms in total. The number of halogens is 6. The van der Waals surface area contributed by atoms with Crippen molar-refractivity contribution >= 4 is 9.84 Å². The number of alkyl halides is 6. The summed E-state index contributed by atoms with van der Waals surface area (Å²) in [6.45, 7) is 0.834. The molecular formula is C12H20F6O4S. The van der Waals surface area contributed by atoms with Crippen LogP contribution in [0.2, 0.25) is 0 Å². The Hall–Kier alpha value is -0.550. The summed E-state index contributed by atoms with van der Waals surface area (Å²) in [5, 5.41) is -2.66. The summed E-state index contributed by atoms with van der Waals surface area (Å²) in [5.41, 5.74) is 0. The van der Waals surface area contributed by atoms with Crippen LogP contribution >= 0.6 is 0 Å². The molecule has 0 aliphatic rings. The van der Waals surface area contributed by atoms with E-state index in [1.165, 1.54) is 0 Å². The molecule has 140 valence electrons. The van der Waals surface area contributed by atoms with E-state index in [1.807, 2.05) is 0 Å². The number of ether oxygens (including phenoxy) is 2. The highest BCUT2D eigenvalue weighted by Crippen LogP contribution is 2.32. The van der Waals surface area contributed by atoms with E-state index in [4.69, 9.17) is 0 Å². The lowest BCUT2D eigenvalue weighted by atomic mass is 10.2. The van der Waals surface area contributed by atoms with Gasteiger partial charge in [0.25, 0.3) is 0 Å². The topological polar surface area (TPSA) is 52.6 Å². The Balaban J connectivity index is 5.04. The van der Waals surface area contributed by atoms with Gasteiger partial charge in [-0.1, -0.05) is 19.8 Å². The molecule has 0 heterocycles. The summed E-state index contributed by atoms with van der Waals surface area (Å²) in [5.74, 6) is -1.27. The minimum absolute atomic E-state index is 0.00623. The van der Waals surface area contributed by atoms with Gasteiger partial charge in [0.2, 0.25) is 0 Å². The van der Waals surface area contributed by atoms with Crippen LogP contribution in [0, 0.1) is 0 Å². The molecule has 0 saturated heterocycles. The summed E-state index contributed by atoms with van der Waals surface area (Å²) < 4.78 is 109. The molecule has 0 saturated carbocycles. The highest BCUT2D eigenvalue weighted by molar-refractivity contribution is 7.92. The third-order valence-corrected chi connectivity index (χ3v) is 5.21. The van der Waals surface area contributed by atoms with E-state index in [1.54, 1.807) is 6.92 Å². The molecular weight excluding hydrogens is 354 g/mol. The lowest BCUT2D eigenvalue weighted by molar-refractivity contribution is -0.240. The van der Waals surface area contributed by atoms with Gasteiger partial charge in [-0.3, -0.25) is 0 Å². The SMILES string of the molecule is CCCCC(C(F)(F)F)S(=O)(=O)CCC(OCOC)C(F)(F)F. The van der Waals surface area contributed by atoms with Crippen LogP contribution in [-0.4, -0.2) is 51.8 Å². The van der Waals surface area contributed by atoms with Crippen molar-refractivity contribution in [3.05, 3.63) is 0 Å². The minimum Gasteiger partial charge on any atom is -0.359 e. The molecule has 0 aromatic carbocycles. The number of methoxy groups -OCH3 is 1. The average Bonchev–Trinajstić information content (AvgIpc) is 2.35. The van der Waals surface area contributed by atoms with E-state index < -0.39 is 58.9 Å². The van der Waals surface area contributed by atoms with E-state index in [-0.39, 0.29) is 6.42 Å². The highest BCUT2D eigenvalue weighted by Gasteiger charge is 2.49. The monoisotopic (exact) mass is 374 g/mol. The van der Waals surface area contributed by atoms with E-state index in [2.05, 4.69) is 9.47 Å². The molecule has 0 rings (SSSR count). The van der Waals surface area contributed by atoms with E-state index in [9.17, 15) is 34.8 Å². The van der Waals surface area contributed by atoms with Crippen LogP contribution in [0.4, 0.5) is 26.3 Å². The molecule has 0 aliphatic heterocycles. The summed E-state index contributed by atoms with van der Waals surface area (Å²) in [6.07, 6.45) is -13.9. The van der Waals surface area contributed by atoms with Crippen LogP contribution in [0.3, 0.4) is 0 Å². The van der Waals surface area contributed by atoms with E-state index >= 15 is 0 Å². The molecule has 23 heavy (non-hydrogen) atoms. The number of hydrogen-bond acceptors (Lipinski definition) is 4. The van der Waals surface area contributed by atoms with Gasteiger partial charge >= 0.3 is 12.4 Å². The summed E-state index contributed by atoms with van der Waals surface area (Å²) in [4.78, 5) is 0. The van der Waals surface area contributed by atoms with Gasteiger partial charge in [-0.2, -0.15) is 26.3 Å². The van der Waals surface area contributed by atoms with Crippen molar-refractivity contribution < 1.29 is 44.2 Å². The molecule has 0 radical (unpaired) electrons. The van der Waals surface area contributed by atoms with Crippen LogP contribution in [0.1, 0.15) is 32.6 Å². The number of unbranched alkanes of at least 4 members (excludes halogenated alkanes) is 1. The average molecular weight is 374 g/mol.